The summed E-state index contributed by atoms with van der Waals surface area (Å²) in [5.41, 5.74) is 0.970. The van der Waals surface area contributed by atoms with Gasteiger partial charge in [0.2, 0.25) is 0 Å². The first kappa shape index (κ1) is 10.1. The number of halogens is 2. The van der Waals surface area contributed by atoms with Crippen molar-refractivity contribution in [2.75, 3.05) is 0 Å². The van der Waals surface area contributed by atoms with E-state index in [0.717, 1.165) is 32.2 Å². The summed E-state index contributed by atoms with van der Waals surface area (Å²) < 4.78 is 1.91. The Kier molecular flexibility index (Phi) is 2.83. The zero-order valence-corrected chi connectivity index (χ0v) is 10.8. The van der Waals surface area contributed by atoms with Gasteiger partial charge in [-0.3, -0.25) is 0 Å². The van der Waals surface area contributed by atoms with Crippen LogP contribution in [0.3, 0.4) is 0 Å². The maximum absolute atomic E-state index is 4.44. The minimum absolute atomic E-state index is 0.848. The van der Waals surface area contributed by atoms with Crippen molar-refractivity contribution in [3.05, 3.63) is 33.1 Å². The molecular formula is C10H8Br2N2. The number of aryl methyl sites for hydroxylation is 1. The van der Waals surface area contributed by atoms with Crippen molar-refractivity contribution in [2.45, 2.75) is 13.3 Å². The van der Waals surface area contributed by atoms with Gasteiger partial charge in [-0.25, -0.2) is 9.97 Å². The van der Waals surface area contributed by atoms with Crippen LogP contribution >= 0.6 is 31.9 Å². The van der Waals surface area contributed by atoms with Crippen molar-refractivity contribution in [3.63, 3.8) is 0 Å². The number of rotatable bonds is 1. The Bertz CT molecular complexity index is 483. The molecule has 1 heterocycles. The summed E-state index contributed by atoms with van der Waals surface area (Å²) in [6.07, 6.45) is 0.848. The molecule has 0 atom stereocenters. The highest BCUT2D eigenvalue weighted by Gasteiger charge is 2.04. The van der Waals surface area contributed by atoms with Gasteiger partial charge in [0.1, 0.15) is 10.4 Å². The summed E-state index contributed by atoms with van der Waals surface area (Å²) in [6.45, 7) is 2.05. The predicted molar refractivity (Wildman–Crippen MR) is 64.3 cm³/mol. The van der Waals surface area contributed by atoms with Crippen LogP contribution in [-0.4, -0.2) is 9.97 Å². The minimum Gasteiger partial charge on any atom is -0.233 e. The molecule has 4 heteroatoms. The molecule has 72 valence electrons. The maximum Gasteiger partial charge on any atom is 0.130 e. The molecule has 0 N–H and O–H groups in total. The summed E-state index contributed by atoms with van der Waals surface area (Å²) in [6, 6.07) is 5.99. The lowest BCUT2D eigenvalue weighted by Gasteiger charge is -2.02. The molecule has 0 aliphatic rings. The van der Waals surface area contributed by atoms with Crippen LogP contribution in [0, 0.1) is 0 Å². The van der Waals surface area contributed by atoms with E-state index in [1.807, 2.05) is 25.1 Å². The summed E-state index contributed by atoms with van der Waals surface area (Å²) in [5, 5.41) is 1.05. The van der Waals surface area contributed by atoms with E-state index >= 15 is 0 Å². The lowest BCUT2D eigenvalue weighted by molar-refractivity contribution is 0.950. The van der Waals surface area contributed by atoms with Gasteiger partial charge < -0.3 is 0 Å². The van der Waals surface area contributed by atoms with Gasteiger partial charge in [0, 0.05) is 16.3 Å². The third-order valence-corrected chi connectivity index (χ3v) is 3.07. The zero-order valence-electron chi connectivity index (χ0n) is 7.59. The van der Waals surface area contributed by atoms with Gasteiger partial charge in [0.25, 0.3) is 0 Å². The molecule has 0 radical (unpaired) electrons. The van der Waals surface area contributed by atoms with Crippen molar-refractivity contribution in [1.82, 2.24) is 9.97 Å². The van der Waals surface area contributed by atoms with E-state index in [9.17, 15) is 0 Å². The largest absolute Gasteiger partial charge is 0.233 e. The normalized spacial score (nSPS) is 10.8. The molecule has 0 aliphatic heterocycles. The molecule has 0 unspecified atom stereocenters. The fourth-order valence-corrected chi connectivity index (χ4v) is 2.16. The summed E-state index contributed by atoms with van der Waals surface area (Å²) in [7, 11) is 0. The zero-order chi connectivity index (χ0) is 10.1. The Morgan fingerprint density at radius 2 is 2.00 bits per heavy atom. The van der Waals surface area contributed by atoms with Crippen molar-refractivity contribution >= 4 is 42.8 Å². The van der Waals surface area contributed by atoms with Gasteiger partial charge in [-0.2, -0.15) is 0 Å². The smallest absolute Gasteiger partial charge is 0.130 e. The second kappa shape index (κ2) is 3.95. The highest BCUT2D eigenvalue weighted by molar-refractivity contribution is 9.10. The molecule has 1 aromatic carbocycles. The Morgan fingerprint density at radius 3 is 2.71 bits per heavy atom. The van der Waals surface area contributed by atoms with E-state index in [-0.39, 0.29) is 0 Å². The standard InChI is InChI=1S/C10H8Br2N2/c1-2-9-13-8-5-6(11)3-4-7(8)10(12)14-9/h3-5H,2H2,1H3. The number of fused-ring (bicyclic) bond motifs is 1. The summed E-state index contributed by atoms with van der Waals surface area (Å²) in [4.78, 5) is 8.78. The number of nitrogens with zero attached hydrogens (tertiary/aromatic N) is 2. The second-order valence-electron chi connectivity index (χ2n) is 2.95. The first-order chi connectivity index (χ1) is 6.70. The molecule has 2 nitrogen and oxygen atoms in total. The van der Waals surface area contributed by atoms with Crippen LogP contribution in [0.5, 0.6) is 0 Å². The number of hydrogen-bond donors (Lipinski definition) is 0. The summed E-state index contributed by atoms with van der Waals surface area (Å²) >= 11 is 6.87. The first-order valence-corrected chi connectivity index (χ1v) is 5.91. The molecule has 0 amide bonds. The molecule has 0 aliphatic carbocycles. The van der Waals surface area contributed by atoms with E-state index in [2.05, 4.69) is 41.8 Å². The van der Waals surface area contributed by atoms with E-state index in [1.165, 1.54) is 0 Å². The van der Waals surface area contributed by atoms with Crippen LogP contribution < -0.4 is 0 Å². The monoisotopic (exact) mass is 314 g/mol. The fraction of sp³-hybridized carbons (Fsp3) is 0.200. The van der Waals surface area contributed by atoms with Gasteiger partial charge >= 0.3 is 0 Å². The van der Waals surface area contributed by atoms with Crippen molar-refractivity contribution in [1.29, 1.82) is 0 Å². The van der Waals surface area contributed by atoms with E-state index in [0.29, 0.717) is 0 Å². The number of aromatic nitrogens is 2. The van der Waals surface area contributed by atoms with Crippen molar-refractivity contribution in [2.24, 2.45) is 0 Å². The van der Waals surface area contributed by atoms with Crippen molar-refractivity contribution in [3.8, 4) is 0 Å². The van der Waals surface area contributed by atoms with Crippen molar-refractivity contribution < 1.29 is 0 Å². The van der Waals surface area contributed by atoms with Crippen LogP contribution in [0.2, 0.25) is 0 Å². The molecule has 14 heavy (non-hydrogen) atoms. The average Bonchev–Trinajstić information content (AvgIpc) is 2.16. The lowest BCUT2D eigenvalue weighted by Crippen LogP contribution is -1.94. The molecule has 0 fully saturated rings. The van der Waals surface area contributed by atoms with Gasteiger partial charge in [-0.1, -0.05) is 22.9 Å². The molecular weight excluding hydrogens is 308 g/mol. The average molecular weight is 316 g/mol. The molecule has 0 spiro atoms. The maximum atomic E-state index is 4.44. The lowest BCUT2D eigenvalue weighted by atomic mass is 10.2. The molecule has 0 saturated heterocycles. The molecule has 0 bridgehead atoms. The van der Waals surface area contributed by atoms with Crippen LogP contribution in [0.15, 0.2) is 27.3 Å². The third kappa shape index (κ3) is 1.81. The van der Waals surface area contributed by atoms with Crippen LogP contribution in [0.25, 0.3) is 10.9 Å². The van der Waals surface area contributed by atoms with E-state index in [4.69, 9.17) is 0 Å². The molecule has 2 aromatic rings. The quantitative estimate of drug-likeness (QED) is 0.750. The van der Waals surface area contributed by atoms with E-state index in [1.54, 1.807) is 0 Å². The highest BCUT2D eigenvalue weighted by Crippen LogP contribution is 2.23. The van der Waals surface area contributed by atoms with Crippen LogP contribution in [0.4, 0.5) is 0 Å². The Balaban J connectivity index is 2.77. The topological polar surface area (TPSA) is 25.8 Å². The van der Waals surface area contributed by atoms with Gasteiger partial charge in [-0.15, -0.1) is 0 Å². The number of hydrogen-bond acceptors (Lipinski definition) is 2. The SMILES string of the molecule is CCc1nc(Br)c2ccc(Br)cc2n1. The first-order valence-electron chi connectivity index (χ1n) is 4.32. The van der Waals surface area contributed by atoms with Gasteiger partial charge in [0.05, 0.1) is 5.52 Å². The highest BCUT2D eigenvalue weighted by atomic mass is 79.9. The van der Waals surface area contributed by atoms with Gasteiger partial charge in [0.15, 0.2) is 0 Å². The van der Waals surface area contributed by atoms with Gasteiger partial charge in [-0.05, 0) is 34.1 Å². The Labute approximate surface area is 99.0 Å². The van der Waals surface area contributed by atoms with Crippen LogP contribution in [0.1, 0.15) is 12.7 Å². The third-order valence-electron chi connectivity index (χ3n) is 1.97. The fourth-order valence-electron chi connectivity index (χ4n) is 1.27. The predicted octanol–water partition coefficient (Wildman–Crippen LogP) is 3.72. The Hall–Kier alpha value is -0.480. The number of benzene rings is 1. The summed E-state index contributed by atoms with van der Waals surface area (Å²) in [5.74, 6) is 0.863. The molecule has 1 aromatic heterocycles. The Morgan fingerprint density at radius 1 is 1.21 bits per heavy atom. The second-order valence-corrected chi connectivity index (χ2v) is 4.61. The minimum atomic E-state index is 0.848. The van der Waals surface area contributed by atoms with E-state index < -0.39 is 0 Å². The van der Waals surface area contributed by atoms with Crippen LogP contribution in [-0.2, 0) is 6.42 Å². The molecule has 2 rings (SSSR count). The molecule has 0 saturated carbocycles.